The van der Waals surface area contributed by atoms with Crippen LogP contribution in [0.3, 0.4) is 0 Å². The third-order valence-corrected chi connectivity index (χ3v) is 3.53. The Balaban J connectivity index is 1.96. The van der Waals surface area contributed by atoms with Crippen molar-refractivity contribution < 1.29 is 23.9 Å². The number of ether oxygens (including phenoxy) is 2. The molecule has 1 saturated heterocycles. The summed E-state index contributed by atoms with van der Waals surface area (Å²) < 4.78 is 10.4. The third-order valence-electron chi connectivity index (χ3n) is 3.53. The molecule has 104 valence electrons. The van der Waals surface area contributed by atoms with Crippen LogP contribution in [0.15, 0.2) is 24.3 Å². The van der Waals surface area contributed by atoms with E-state index in [1.54, 1.807) is 24.3 Å². The zero-order chi connectivity index (χ0) is 14.5. The smallest absolute Gasteiger partial charge is 0.304 e. The number of anilines is 1. The molecule has 1 fully saturated rings. The third kappa shape index (κ3) is 1.58. The predicted octanol–water partition coefficient (Wildman–Crippen LogP) is 1.08. The van der Waals surface area contributed by atoms with Gasteiger partial charge in [0.25, 0.3) is 5.91 Å². The number of fused-ring (bicyclic) bond motifs is 2. The number of para-hydroxylation sites is 1. The molecule has 2 amide bonds. The van der Waals surface area contributed by atoms with Crippen molar-refractivity contribution in [2.45, 2.75) is 32.2 Å². The van der Waals surface area contributed by atoms with Gasteiger partial charge in [-0.2, -0.15) is 0 Å². The standard InChI is InChI=1S/C14H13NO5/c1-8(16)15-11-6-4-3-5-10(11)14(13(15)18)7-12(20-14)19-9(2)17/h3-6,12H,7H2,1-2H3/t12-,14-/m1/s1. The van der Waals surface area contributed by atoms with Gasteiger partial charge in [0.15, 0.2) is 5.60 Å². The van der Waals surface area contributed by atoms with Crippen LogP contribution in [-0.4, -0.2) is 24.1 Å². The average molecular weight is 275 g/mol. The summed E-state index contributed by atoms with van der Waals surface area (Å²) in [6.07, 6.45) is -0.511. The van der Waals surface area contributed by atoms with Gasteiger partial charge in [0.05, 0.1) is 12.1 Å². The molecule has 20 heavy (non-hydrogen) atoms. The normalized spacial score (nSPS) is 27.2. The van der Waals surface area contributed by atoms with Gasteiger partial charge in [-0.15, -0.1) is 0 Å². The van der Waals surface area contributed by atoms with E-state index in [2.05, 4.69) is 0 Å². The topological polar surface area (TPSA) is 72.9 Å². The van der Waals surface area contributed by atoms with Crippen molar-refractivity contribution in [2.24, 2.45) is 0 Å². The van der Waals surface area contributed by atoms with Crippen LogP contribution in [0.25, 0.3) is 0 Å². The summed E-state index contributed by atoms with van der Waals surface area (Å²) in [4.78, 5) is 36.2. The largest absolute Gasteiger partial charge is 0.436 e. The number of rotatable bonds is 1. The summed E-state index contributed by atoms with van der Waals surface area (Å²) in [5.74, 6) is -1.25. The second-order valence-corrected chi connectivity index (χ2v) is 4.86. The fraction of sp³-hybridized carbons (Fsp3) is 0.357. The summed E-state index contributed by atoms with van der Waals surface area (Å²) in [5, 5.41) is 0. The summed E-state index contributed by atoms with van der Waals surface area (Å²) in [6, 6.07) is 6.98. The van der Waals surface area contributed by atoms with Crippen LogP contribution in [0.2, 0.25) is 0 Å². The Kier molecular flexibility index (Phi) is 2.65. The zero-order valence-electron chi connectivity index (χ0n) is 11.1. The molecule has 6 nitrogen and oxygen atoms in total. The molecule has 2 atom stereocenters. The van der Waals surface area contributed by atoms with Crippen molar-refractivity contribution in [3.63, 3.8) is 0 Å². The molecule has 0 bridgehead atoms. The SMILES string of the molecule is CC(=O)O[C@H]1C[C@]2(O1)C(=O)N(C(C)=O)c1ccccc12. The summed E-state index contributed by atoms with van der Waals surface area (Å²) >= 11 is 0. The maximum atomic E-state index is 12.5. The number of hydrogen-bond donors (Lipinski definition) is 0. The molecule has 6 heteroatoms. The highest BCUT2D eigenvalue weighted by molar-refractivity contribution is 6.22. The molecule has 1 aromatic rings. The van der Waals surface area contributed by atoms with Crippen LogP contribution in [-0.2, 0) is 29.5 Å². The molecule has 0 aliphatic carbocycles. The first-order valence-corrected chi connectivity index (χ1v) is 6.25. The van der Waals surface area contributed by atoms with Crippen LogP contribution >= 0.6 is 0 Å². The van der Waals surface area contributed by atoms with Gasteiger partial charge in [-0.1, -0.05) is 18.2 Å². The monoisotopic (exact) mass is 275 g/mol. The van der Waals surface area contributed by atoms with E-state index in [1.165, 1.54) is 13.8 Å². The van der Waals surface area contributed by atoms with Gasteiger partial charge >= 0.3 is 5.97 Å². The van der Waals surface area contributed by atoms with Crippen molar-refractivity contribution in [3.8, 4) is 0 Å². The molecule has 1 spiro atoms. The van der Waals surface area contributed by atoms with E-state index in [-0.39, 0.29) is 12.3 Å². The van der Waals surface area contributed by atoms with Crippen molar-refractivity contribution in [2.75, 3.05) is 4.90 Å². The number of hydrogen-bond acceptors (Lipinski definition) is 5. The lowest BCUT2D eigenvalue weighted by atomic mass is 9.87. The van der Waals surface area contributed by atoms with Gasteiger partial charge in [0.2, 0.25) is 12.2 Å². The Labute approximate surface area is 115 Å². The van der Waals surface area contributed by atoms with Crippen LogP contribution in [0.5, 0.6) is 0 Å². The Hall–Kier alpha value is -2.21. The molecule has 0 N–H and O–H groups in total. The van der Waals surface area contributed by atoms with Crippen molar-refractivity contribution in [3.05, 3.63) is 29.8 Å². The predicted molar refractivity (Wildman–Crippen MR) is 67.5 cm³/mol. The second kappa shape index (κ2) is 4.14. The van der Waals surface area contributed by atoms with Gasteiger partial charge in [0, 0.05) is 19.4 Å². The summed E-state index contributed by atoms with van der Waals surface area (Å²) in [7, 11) is 0. The number of carbonyl (C=O) groups is 3. The van der Waals surface area contributed by atoms with E-state index < -0.39 is 23.8 Å². The molecular formula is C14H13NO5. The van der Waals surface area contributed by atoms with E-state index in [9.17, 15) is 14.4 Å². The second-order valence-electron chi connectivity index (χ2n) is 4.86. The van der Waals surface area contributed by atoms with Gasteiger partial charge in [-0.25, -0.2) is 4.90 Å². The van der Waals surface area contributed by atoms with Gasteiger partial charge in [-0.05, 0) is 6.07 Å². The molecule has 2 heterocycles. The molecule has 2 aliphatic heterocycles. The van der Waals surface area contributed by atoms with Crippen LogP contribution in [0.4, 0.5) is 5.69 Å². The minimum absolute atomic E-state index is 0.228. The van der Waals surface area contributed by atoms with E-state index >= 15 is 0 Å². The molecule has 0 unspecified atom stereocenters. The highest BCUT2D eigenvalue weighted by Crippen LogP contribution is 2.52. The quantitative estimate of drug-likeness (QED) is 0.717. The number of benzene rings is 1. The van der Waals surface area contributed by atoms with Gasteiger partial charge in [-0.3, -0.25) is 14.4 Å². The van der Waals surface area contributed by atoms with E-state index in [4.69, 9.17) is 9.47 Å². The van der Waals surface area contributed by atoms with Gasteiger partial charge < -0.3 is 9.47 Å². The van der Waals surface area contributed by atoms with E-state index in [0.717, 1.165) is 4.90 Å². The minimum Gasteiger partial charge on any atom is -0.436 e. The van der Waals surface area contributed by atoms with Gasteiger partial charge in [0.1, 0.15) is 0 Å². The van der Waals surface area contributed by atoms with Crippen molar-refractivity contribution in [1.82, 2.24) is 0 Å². The summed E-state index contributed by atoms with van der Waals surface area (Å²) in [5.41, 5.74) is -0.0163. The van der Waals surface area contributed by atoms with Crippen molar-refractivity contribution in [1.29, 1.82) is 0 Å². The molecule has 3 rings (SSSR count). The van der Waals surface area contributed by atoms with E-state index in [0.29, 0.717) is 11.3 Å². The maximum Gasteiger partial charge on any atom is 0.304 e. The number of amides is 2. The van der Waals surface area contributed by atoms with E-state index in [1.807, 2.05) is 0 Å². The first-order chi connectivity index (χ1) is 9.45. The molecule has 1 aromatic carbocycles. The number of nitrogens with zero attached hydrogens (tertiary/aromatic N) is 1. The highest BCUT2D eigenvalue weighted by Gasteiger charge is 2.62. The number of esters is 1. The number of imide groups is 1. The van der Waals surface area contributed by atoms with Crippen LogP contribution in [0.1, 0.15) is 25.8 Å². The first-order valence-electron chi connectivity index (χ1n) is 6.25. The highest BCUT2D eigenvalue weighted by atomic mass is 16.7. The number of carbonyl (C=O) groups excluding carboxylic acids is 3. The lowest BCUT2D eigenvalue weighted by Crippen LogP contribution is -2.56. The molecular weight excluding hydrogens is 262 g/mol. The Morgan fingerprint density at radius 1 is 1.35 bits per heavy atom. The molecule has 0 saturated carbocycles. The molecule has 0 aromatic heterocycles. The zero-order valence-corrected chi connectivity index (χ0v) is 11.1. The average Bonchev–Trinajstić information content (AvgIpc) is 2.58. The first kappa shape index (κ1) is 12.8. The fourth-order valence-corrected chi connectivity index (χ4v) is 2.74. The lowest BCUT2D eigenvalue weighted by molar-refractivity contribution is -0.288. The lowest BCUT2D eigenvalue weighted by Gasteiger charge is -2.42. The Bertz CT molecular complexity index is 618. The van der Waals surface area contributed by atoms with Crippen LogP contribution < -0.4 is 4.90 Å². The maximum absolute atomic E-state index is 12.5. The minimum atomic E-state index is -1.19. The molecule has 0 radical (unpaired) electrons. The molecule has 2 aliphatic rings. The fourth-order valence-electron chi connectivity index (χ4n) is 2.74. The van der Waals surface area contributed by atoms with Crippen LogP contribution in [0, 0.1) is 0 Å². The summed E-state index contributed by atoms with van der Waals surface area (Å²) in [6.45, 7) is 2.61. The Morgan fingerprint density at radius 3 is 2.60 bits per heavy atom. The Morgan fingerprint density at radius 2 is 2.00 bits per heavy atom. The van der Waals surface area contributed by atoms with Crippen molar-refractivity contribution >= 4 is 23.5 Å².